The molecular weight excluding hydrogens is 258 g/mol. The van der Waals surface area contributed by atoms with E-state index in [0.717, 1.165) is 0 Å². The minimum atomic E-state index is -4.90. The van der Waals surface area contributed by atoms with Crippen molar-refractivity contribution in [3.05, 3.63) is 9.66 Å². The maximum Gasteiger partial charge on any atom is 0.427 e. The molecule has 0 saturated carbocycles. The quantitative estimate of drug-likeness (QED) is 0.462. The summed E-state index contributed by atoms with van der Waals surface area (Å²) in [5.41, 5.74) is 0. The molecule has 54 valence electrons. The average Bonchev–Trinajstić information content (AvgIpc) is 1.62. The molecule has 0 nitrogen and oxygen atoms in total. The topological polar surface area (TPSA) is 0 Å². The van der Waals surface area contributed by atoms with E-state index in [1.54, 1.807) is 0 Å². The van der Waals surface area contributed by atoms with Crippen molar-refractivity contribution in [1.82, 2.24) is 0 Å². The summed E-state index contributed by atoms with van der Waals surface area (Å²) >= 11 is 0.543. The van der Waals surface area contributed by atoms with Crippen LogP contribution in [0.2, 0.25) is 0 Å². The Labute approximate surface area is 60.9 Å². The van der Waals surface area contributed by atoms with Gasteiger partial charge < -0.3 is 0 Å². The summed E-state index contributed by atoms with van der Waals surface area (Å²) < 4.78 is 53.8. The van der Waals surface area contributed by atoms with E-state index in [9.17, 15) is 22.0 Å². The monoisotopic (exact) mass is 258 g/mol. The van der Waals surface area contributed by atoms with Crippen LogP contribution >= 0.6 is 22.6 Å². The Balaban J connectivity index is 4.40. The number of hydrogen-bond acceptors (Lipinski definition) is 0. The van der Waals surface area contributed by atoms with Gasteiger partial charge in [0.2, 0.25) is 0 Å². The highest BCUT2D eigenvalue weighted by Crippen LogP contribution is 2.33. The fourth-order valence-corrected chi connectivity index (χ4v) is 0.107. The third kappa shape index (κ3) is 2.97. The van der Waals surface area contributed by atoms with Crippen LogP contribution in [0.15, 0.2) is 9.66 Å². The van der Waals surface area contributed by atoms with Gasteiger partial charge >= 0.3 is 6.18 Å². The maximum atomic E-state index is 11.2. The Morgan fingerprint density at radius 1 is 1.11 bits per heavy atom. The van der Waals surface area contributed by atoms with Gasteiger partial charge in [0.05, 0.1) is 0 Å². The second-order valence-electron chi connectivity index (χ2n) is 1.07. The molecule has 0 aromatic heterocycles. The standard InChI is InChI=1S/C3F5I/c4-2(5)1(9)3(6,7)8. The number of allylic oxidation sites excluding steroid dienone is 1. The summed E-state index contributed by atoms with van der Waals surface area (Å²) in [4.78, 5) is 0. The van der Waals surface area contributed by atoms with Gasteiger partial charge in [-0.15, -0.1) is 0 Å². The molecule has 6 heteroatoms. The lowest BCUT2D eigenvalue weighted by Gasteiger charge is -2.01. The van der Waals surface area contributed by atoms with Crippen molar-refractivity contribution in [1.29, 1.82) is 0 Å². The molecule has 0 unspecified atom stereocenters. The van der Waals surface area contributed by atoms with Gasteiger partial charge in [-0.25, -0.2) is 0 Å². The van der Waals surface area contributed by atoms with Crippen LogP contribution in [0.3, 0.4) is 0 Å². The molecule has 0 heterocycles. The molecule has 0 amide bonds. The van der Waals surface area contributed by atoms with Gasteiger partial charge in [-0.2, -0.15) is 22.0 Å². The lowest BCUT2D eigenvalue weighted by molar-refractivity contribution is -0.0846. The lowest BCUT2D eigenvalue weighted by atomic mass is 10.6. The van der Waals surface area contributed by atoms with E-state index in [0.29, 0.717) is 22.6 Å². The van der Waals surface area contributed by atoms with E-state index in [1.165, 1.54) is 0 Å². The van der Waals surface area contributed by atoms with Gasteiger partial charge in [0.25, 0.3) is 6.08 Å². The normalized spacial score (nSPS) is 11.3. The van der Waals surface area contributed by atoms with Gasteiger partial charge in [0.15, 0.2) is 3.58 Å². The molecule has 0 aliphatic carbocycles. The van der Waals surface area contributed by atoms with Crippen molar-refractivity contribution in [2.45, 2.75) is 6.18 Å². The van der Waals surface area contributed by atoms with Crippen molar-refractivity contribution < 1.29 is 22.0 Å². The number of rotatable bonds is 0. The zero-order valence-corrected chi connectivity index (χ0v) is 5.93. The minimum absolute atomic E-state index is 0.543. The zero-order valence-electron chi connectivity index (χ0n) is 3.77. The van der Waals surface area contributed by atoms with E-state index in [-0.39, 0.29) is 0 Å². The largest absolute Gasteiger partial charge is 0.427 e. The van der Waals surface area contributed by atoms with Crippen molar-refractivity contribution in [3.8, 4) is 0 Å². The first kappa shape index (κ1) is 9.12. The first-order valence-corrected chi connectivity index (χ1v) is 2.71. The molecule has 0 aliphatic heterocycles. The fraction of sp³-hybridized carbons (Fsp3) is 0.333. The summed E-state index contributed by atoms with van der Waals surface area (Å²) in [6.07, 6.45) is -7.59. The fourth-order valence-electron chi connectivity index (χ4n) is 0.107. The molecule has 0 bridgehead atoms. The third-order valence-electron chi connectivity index (χ3n) is 0.415. The summed E-state index contributed by atoms with van der Waals surface area (Å²) in [5, 5.41) is 0. The number of hydrogen-bond donors (Lipinski definition) is 0. The highest BCUT2D eigenvalue weighted by Gasteiger charge is 2.35. The van der Waals surface area contributed by atoms with E-state index < -0.39 is 15.8 Å². The van der Waals surface area contributed by atoms with Crippen molar-refractivity contribution in [2.24, 2.45) is 0 Å². The highest BCUT2D eigenvalue weighted by molar-refractivity contribution is 14.1. The molecular formula is C3F5I. The van der Waals surface area contributed by atoms with Gasteiger partial charge in [0.1, 0.15) is 0 Å². The molecule has 0 N–H and O–H groups in total. The predicted octanol–water partition coefficient (Wildman–Crippen LogP) is 3.09. The van der Waals surface area contributed by atoms with Crippen LogP contribution in [0.5, 0.6) is 0 Å². The molecule has 0 radical (unpaired) electrons. The summed E-state index contributed by atoms with van der Waals surface area (Å²) in [7, 11) is 0. The van der Waals surface area contributed by atoms with Crippen LogP contribution in [0.1, 0.15) is 0 Å². The molecule has 0 saturated heterocycles. The highest BCUT2D eigenvalue weighted by atomic mass is 127. The van der Waals surface area contributed by atoms with Crippen molar-refractivity contribution >= 4 is 22.6 Å². The van der Waals surface area contributed by atoms with Crippen LogP contribution in [-0.4, -0.2) is 6.18 Å². The van der Waals surface area contributed by atoms with Crippen molar-refractivity contribution in [2.75, 3.05) is 0 Å². The van der Waals surface area contributed by atoms with Crippen LogP contribution < -0.4 is 0 Å². The smallest absolute Gasteiger partial charge is 0.172 e. The SMILES string of the molecule is FC(F)=C(I)C(F)(F)F. The second-order valence-corrected chi connectivity index (χ2v) is 2.15. The minimum Gasteiger partial charge on any atom is -0.172 e. The Kier molecular flexibility index (Phi) is 2.84. The van der Waals surface area contributed by atoms with Crippen LogP contribution in [0.4, 0.5) is 22.0 Å². The van der Waals surface area contributed by atoms with Crippen LogP contribution in [0, 0.1) is 0 Å². The Morgan fingerprint density at radius 2 is 1.44 bits per heavy atom. The summed E-state index contributed by atoms with van der Waals surface area (Å²) in [6.45, 7) is 0. The van der Waals surface area contributed by atoms with Crippen LogP contribution in [-0.2, 0) is 0 Å². The maximum absolute atomic E-state index is 11.2. The molecule has 0 aromatic rings. The Hall–Kier alpha value is 0.120. The second kappa shape index (κ2) is 2.80. The van der Waals surface area contributed by atoms with E-state index in [1.807, 2.05) is 0 Å². The van der Waals surface area contributed by atoms with Gasteiger partial charge in [-0.1, -0.05) is 0 Å². The van der Waals surface area contributed by atoms with Gasteiger partial charge in [-0.3, -0.25) is 0 Å². The zero-order chi connectivity index (χ0) is 7.65. The van der Waals surface area contributed by atoms with Crippen molar-refractivity contribution in [3.63, 3.8) is 0 Å². The number of alkyl halides is 3. The summed E-state index contributed by atoms with van der Waals surface area (Å²) in [5.74, 6) is 0. The lowest BCUT2D eigenvalue weighted by Crippen LogP contribution is -2.06. The van der Waals surface area contributed by atoms with Gasteiger partial charge in [-0.05, 0) is 22.6 Å². The molecule has 0 atom stereocenters. The molecule has 9 heavy (non-hydrogen) atoms. The molecule has 0 aromatic carbocycles. The first-order chi connectivity index (χ1) is 3.85. The molecule has 0 fully saturated rings. The third-order valence-corrected chi connectivity index (χ3v) is 1.43. The summed E-state index contributed by atoms with van der Waals surface area (Å²) in [6, 6.07) is 0. The first-order valence-electron chi connectivity index (χ1n) is 1.63. The number of halogens is 6. The Morgan fingerprint density at radius 3 is 1.44 bits per heavy atom. The van der Waals surface area contributed by atoms with E-state index in [4.69, 9.17) is 0 Å². The van der Waals surface area contributed by atoms with E-state index in [2.05, 4.69) is 0 Å². The average molecular weight is 258 g/mol. The molecule has 0 rings (SSSR count). The Bertz CT molecular complexity index is 130. The van der Waals surface area contributed by atoms with Gasteiger partial charge in [0, 0.05) is 0 Å². The predicted molar refractivity (Wildman–Crippen MR) is 29.3 cm³/mol. The molecule has 0 aliphatic rings. The van der Waals surface area contributed by atoms with E-state index >= 15 is 0 Å². The van der Waals surface area contributed by atoms with Crippen LogP contribution in [0.25, 0.3) is 0 Å². The molecule has 0 spiro atoms.